The zero-order chi connectivity index (χ0) is 19.4. The lowest BCUT2D eigenvalue weighted by Crippen LogP contribution is -2.38. The molecule has 1 saturated heterocycles. The van der Waals surface area contributed by atoms with Gasteiger partial charge >= 0.3 is 0 Å². The van der Waals surface area contributed by atoms with E-state index in [1.165, 1.54) is 33.0 Å². The molecule has 2 fully saturated rings. The second kappa shape index (κ2) is 8.58. The summed E-state index contributed by atoms with van der Waals surface area (Å²) in [5.74, 6) is 0.314. The van der Waals surface area contributed by atoms with Crippen molar-refractivity contribution in [3.63, 3.8) is 0 Å². The zero-order valence-electron chi connectivity index (χ0n) is 16.1. The second-order valence-electron chi connectivity index (χ2n) is 7.43. The highest BCUT2D eigenvalue weighted by Crippen LogP contribution is 2.27. The van der Waals surface area contributed by atoms with Gasteiger partial charge < -0.3 is 15.0 Å². The minimum absolute atomic E-state index is 0.135. The number of anilines is 1. The van der Waals surface area contributed by atoms with Crippen LogP contribution in [-0.2, 0) is 14.8 Å². The third-order valence-corrected chi connectivity index (χ3v) is 7.18. The van der Waals surface area contributed by atoms with Crippen LogP contribution in [0.3, 0.4) is 0 Å². The molecule has 1 aromatic rings. The first-order chi connectivity index (χ1) is 12.9. The van der Waals surface area contributed by atoms with Gasteiger partial charge in [0.05, 0.1) is 23.7 Å². The van der Waals surface area contributed by atoms with E-state index in [1.807, 2.05) is 0 Å². The van der Waals surface area contributed by atoms with E-state index in [2.05, 4.69) is 10.2 Å². The van der Waals surface area contributed by atoms with Crippen LogP contribution in [0.1, 0.15) is 36.0 Å². The summed E-state index contributed by atoms with van der Waals surface area (Å²) < 4.78 is 31.6. The number of rotatable bonds is 6. The molecule has 27 heavy (non-hydrogen) atoms. The summed E-state index contributed by atoms with van der Waals surface area (Å²) in [6.07, 6.45) is 4.73. The molecular weight excluding hydrogens is 366 g/mol. The summed E-state index contributed by atoms with van der Waals surface area (Å²) in [6.45, 7) is 3.21. The maximum absolute atomic E-state index is 12.9. The minimum Gasteiger partial charge on any atom is -0.378 e. The number of carbonyl (C=O) groups is 1. The molecule has 0 atom stereocenters. The van der Waals surface area contributed by atoms with Gasteiger partial charge in [-0.15, -0.1) is 0 Å². The van der Waals surface area contributed by atoms with Crippen LogP contribution in [0.4, 0.5) is 5.69 Å². The molecule has 0 radical (unpaired) electrons. The highest BCUT2D eigenvalue weighted by atomic mass is 32.2. The molecule has 8 heteroatoms. The van der Waals surface area contributed by atoms with E-state index in [-0.39, 0.29) is 10.8 Å². The topological polar surface area (TPSA) is 79.0 Å². The predicted molar refractivity (Wildman–Crippen MR) is 105 cm³/mol. The summed E-state index contributed by atoms with van der Waals surface area (Å²) in [5.41, 5.74) is 1.18. The van der Waals surface area contributed by atoms with Crippen molar-refractivity contribution in [2.75, 3.05) is 51.8 Å². The lowest BCUT2D eigenvalue weighted by atomic mass is 10.1. The van der Waals surface area contributed by atoms with E-state index < -0.39 is 10.0 Å². The van der Waals surface area contributed by atoms with Crippen molar-refractivity contribution in [2.24, 2.45) is 5.92 Å². The number of carbonyl (C=O) groups excluding carboxylic acids is 1. The lowest BCUT2D eigenvalue weighted by molar-refractivity contribution is 0.0945. The highest BCUT2D eigenvalue weighted by molar-refractivity contribution is 7.89. The van der Waals surface area contributed by atoms with E-state index in [9.17, 15) is 13.2 Å². The largest absolute Gasteiger partial charge is 0.378 e. The van der Waals surface area contributed by atoms with Gasteiger partial charge in [0.25, 0.3) is 5.91 Å². The van der Waals surface area contributed by atoms with E-state index in [0.29, 0.717) is 44.3 Å². The number of hydrogen-bond acceptors (Lipinski definition) is 5. The molecule has 0 spiro atoms. The molecule has 1 aliphatic heterocycles. The number of morpholine rings is 1. The fraction of sp³-hybridized carbons (Fsp3) is 0.632. The van der Waals surface area contributed by atoms with E-state index >= 15 is 0 Å². The van der Waals surface area contributed by atoms with Gasteiger partial charge in [-0.1, -0.05) is 12.8 Å². The number of amides is 1. The first-order valence-corrected chi connectivity index (χ1v) is 11.0. The summed E-state index contributed by atoms with van der Waals surface area (Å²) in [6, 6.07) is 4.82. The molecule has 1 aliphatic carbocycles. The number of benzene rings is 1. The lowest BCUT2D eigenvalue weighted by Gasteiger charge is -2.30. The standard InChI is InChI=1S/C19H29N3O4S/c1-21(2)27(24,25)16-7-8-18(22-9-11-26-12-10-22)17(13-16)19(23)20-14-15-5-3-4-6-15/h7-8,13,15H,3-6,9-12,14H2,1-2H3,(H,20,23). The monoisotopic (exact) mass is 395 g/mol. The van der Waals surface area contributed by atoms with Crippen molar-refractivity contribution in [3.8, 4) is 0 Å². The van der Waals surface area contributed by atoms with Crippen LogP contribution in [0, 0.1) is 5.92 Å². The van der Waals surface area contributed by atoms with Crippen LogP contribution < -0.4 is 10.2 Å². The van der Waals surface area contributed by atoms with Crippen LogP contribution in [0.2, 0.25) is 0 Å². The normalized spacial score (nSPS) is 18.9. The maximum atomic E-state index is 12.9. The Hall–Kier alpha value is -1.64. The molecule has 0 bridgehead atoms. The number of sulfonamides is 1. The summed E-state index contributed by atoms with van der Waals surface area (Å²) in [4.78, 5) is 15.2. The number of hydrogen-bond donors (Lipinski definition) is 1. The van der Waals surface area contributed by atoms with Crippen molar-refractivity contribution >= 4 is 21.6 Å². The molecule has 3 rings (SSSR count). The number of nitrogens with zero attached hydrogens (tertiary/aromatic N) is 2. The van der Waals surface area contributed by atoms with E-state index in [0.717, 1.165) is 22.8 Å². The molecule has 7 nitrogen and oxygen atoms in total. The summed E-state index contributed by atoms with van der Waals surface area (Å²) in [7, 11) is -0.619. The molecular formula is C19H29N3O4S. The van der Waals surface area contributed by atoms with Crippen LogP contribution in [0.5, 0.6) is 0 Å². The smallest absolute Gasteiger partial charge is 0.253 e. The third kappa shape index (κ3) is 4.62. The fourth-order valence-corrected chi connectivity index (χ4v) is 4.62. The van der Waals surface area contributed by atoms with Gasteiger partial charge in [0.15, 0.2) is 0 Å². The molecule has 1 saturated carbocycles. The average Bonchev–Trinajstić information content (AvgIpc) is 3.20. The van der Waals surface area contributed by atoms with Gasteiger partial charge in [-0.3, -0.25) is 4.79 Å². The molecule has 1 heterocycles. The van der Waals surface area contributed by atoms with Crippen LogP contribution in [0.25, 0.3) is 0 Å². The summed E-state index contributed by atoms with van der Waals surface area (Å²) in [5, 5.41) is 3.02. The van der Waals surface area contributed by atoms with Gasteiger partial charge in [0.2, 0.25) is 10.0 Å². The Labute approximate surface area is 161 Å². The second-order valence-corrected chi connectivity index (χ2v) is 9.58. The maximum Gasteiger partial charge on any atom is 0.253 e. The third-order valence-electron chi connectivity index (χ3n) is 5.37. The van der Waals surface area contributed by atoms with E-state index in [1.54, 1.807) is 12.1 Å². The molecule has 1 aromatic carbocycles. The predicted octanol–water partition coefficient (Wildman–Crippen LogP) is 1.69. The Kier molecular flexibility index (Phi) is 6.39. The highest BCUT2D eigenvalue weighted by Gasteiger charge is 2.25. The number of nitrogens with one attached hydrogen (secondary N) is 1. The quantitative estimate of drug-likeness (QED) is 0.793. The molecule has 2 aliphatic rings. The minimum atomic E-state index is -3.60. The Morgan fingerprint density at radius 3 is 2.52 bits per heavy atom. The van der Waals surface area contributed by atoms with E-state index in [4.69, 9.17) is 4.74 Å². The first kappa shape index (κ1) is 20.1. The Morgan fingerprint density at radius 2 is 1.89 bits per heavy atom. The zero-order valence-corrected chi connectivity index (χ0v) is 16.9. The molecule has 0 unspecified atom stereocenters. The van der Waals surface area contributed by atoms with Gasteiger partial charge in [-0.2, -0.15) is 0 Å². The van der Waals surface area contributed by atoms with Gasteiger partial charge in [-0.25, -0.2) is 12.7 Å². The van der Waals surface area contributed by atoms with Gasteiger partial charge in [0.1, 0.15) is 0 Å². The van der Waals surface area contributed by atoms with Crippen LogP contribution in [-0.4, -0.2) is 65.6 Å². The van der Waals surface area contributed by atoms with Crippen LogP contribution in [0.15, 0.2) is 23.1 Å². The van der Waals surface area contributed by atoms with Crippen molar-refractivity contribution in [3.05, 3.63) is 23.8 Å². The molecule has 1 amide bonds. The summed E-state index contributed by atoms with van der Waals surface area (Å²) >= 11 is 0. The Morgan fingerprint density at radius 1 is 1.22 bits per heavy atom. The molecule has 1 N–H and O–H groups in total. The van der Waals surface area contributed by atoms with Crippen molar-refractivity contribution in [1.29, 1.82) is 0 Å². The van der Waals surface area contributed by atoms with Gasteiger partial charge in [-0.05, 0) is 37.0 Å². The Balaban J connectivity index is 1.89. The van der Waals surface area contributed by atoms with Crippen molar-refractivity contribution in [1.82, 2.24) is 9.62 Å². The fourth-order valence-electron chi connectivity index (χ4n) is 3.70. The number of ether oxygens (including phenoxy) is 1. The Bertz CT molecular complexity index is 767. The van der Waals surface area contributed by atoms with Crippen LogP contribution >= 0.6 is 0 Å². The molecule has 150 valence electrons. The van der Waals surface area contributed by atoms with Gasteiger partial charge in [0, 0.05) is 39.4 Å². The average molecular weight is 396 g/mol. The van der Waals surface area contributed by atoms with Crippen molar-refractivity contribution < 1.29 is 17.9 Å². The molecule has 0 aromatic heterocycles. The first-order valence-electron chi connectivity index (χ1n) is 9.57. The van der Waals surface area contributed by atoms with Crippen molar-refractivity contribution in [2.45, 2.75) is 30.6 Å². The SMILES string of the molecule is CN(C)S(=O)(=O)c1ccc(N2CCOCC2)c(C(=O)NCC2CCCC2)c1.